The van der Waals surface area contributed by atoms with Gasteiger partial charge in [-0.05, 0) is 123 Å². The minimum absolute atomic E-state index is 0.0447. The molecule has 2 heterocycles. The molecule has 0 spiro atoms. The molecule has 0 aliphatic carbocycles. The van der Waals surface area contributed by atoms with Crippen molar-refractivity contribution in [2.24, 2.45) is 0 Å². The summed E-state index contributed by atoms with van der Waals surface area (Å²) >= 11 is 0. The number of aromatic nitrogens is 2. The number of fused-ring (bicyclic) bond motifs is 2. The molecule has 0 radical (unpaired) electrons. The van der Waals surface area contributed by atoms with Crippen molar-refractivity contribution in [2.75, 3.05) is 13.2 Å². The number of ether oxygens (including phenoxy) is 2. The molecule has 1 atom stereocenters. The molecule has 322 valence electrons. The standard InChI is InChI=1S/C46H58N4O9S/c1-30-14-18-35(19-15-30)60(55,56)57-23-13-11-10-12-22-47-42(52)38(26-33-28-49(43(53)58-45(4,5)6)39-20-16-31(2)24-36(33)39)48-41(51)27-34-29-50(44(54)59-46(7,8)9)40-21-17-32(3)25-37(34)40/h14-21,24-25,28-29,38H,10-13,22-23,26-27H2,1-9H3,(H,47,52)(H,48,51)/t38-/m0/s1. The number of carbonyl (C=O) groups excluding carboxylic acids is 4. The molecule has 13 nitrogen and oxygen atoms in total. The van der Waals surface area contributed by atoms with Gasteiger partial charge >= 0.3 is 12.2 Å². The van der Waals surface area contributed by atoms with Crippen LogP contribution >= 0.6 is 0 Å². The van der Waals surface area contributed by atoms with Crippen LogP contribution in [0.15, 0.2) is 78.0 Å². The van der Waals surface area contributed by atoms with Gasteiger partial charge in [-0.25, -0.2) is 9.59 Å². The maximum absolute atomic E-state index is 14.0. The van der Waals surface area contributed by atoms with E-state index in [9.17, 15) is 27.6 Å². The molecule has 0 saturated carbocycles. The second kappa shape index (κ2) is 18.8. The molecule has 0 saturated heterocycles. The monoisotopic (exact) mass is 842 g/mol. The quantitative estimate of drug-likeness (QED) is 0.0778. The minimum Gasteiger partial charge on any atom is -0.443 e. The van der Waals surface area contributed by atoms with Gasteiger partial charge in [0, 0.05) is 36.1 Å². The smallest absolute Gasteiger partial charge is 0.419 e. The van der Waals surface area contributed by atoms with Gasteiger partial charge in [-0.15, -0.1) is 0 Å². The molecule has 60 heavy (non-hydrogen) atoms. The van der Waals surface area contributed by atoms with Gasteiger partial charge in [0.1, 0.15) is 17.2 Å². The maximum atomic E-state index is 14.0. The van der Waals surface area contributed by atoms with Gasteiger partial charge in [-0.1, -0.05) is 53.8 Å². The van der Waals surface area contributed by atoms with Crippen molar-refractivity contribution in [2.45, 2.75) is 123 Å². The summed E-state index contributed by atoms with van der Waals surface area (Å²) in [6.45, 7) is 16.8. The van der Waals surface area contributed by atoms with Gasteiger partial charge in [-0.3, -0.25) is 22.9 Å². The Labute approximate surface area is 352 Å². The minimum atomic E-state index is -3.84. The SMILES string of the molecule is Cc1ccc(S(=O)(=O)OCCCCCCNC(=O)[C@H](Cc2cn(C(=O)OC(C)(C)C)c3ccc(C)cc23)NC(=O)Cc2cn(C(=O)OC(C)(C)C)c3ccc(C)cc23)cc1. The molecule has 0 fully saturated rings. The number of aryl methyl sites for hydroxylation is 3. The number of hydrogen-bond acceptors (Lipinski definition) is 9. The molecule has 0 aliphatic heterocycles. The van der Waals surface area contributed by atoms with Crippen LogP contribution in [-0.4, -0.2) is 71.9 Å². The molecule has 5 aromatic rings. The lowest BCUT2D eigenvalue weighted by atomic mass is 10.0. The number of amides is 2. The van der Waals surface area contributed by atoms with E-state index < -0.39 is 51.4 Å². The van der Waals surface area contributed by atoms with E-state index in [1.165, 1.54) is 21.3 Å². The fourth-order valence-electron chi connectivity index (χ4n) is 6.76. The average Bonchev–Trinajstić information content (AvgIpc) is 3.68. The van der Waals surface area contributed by atoms with Crippen molar-refractivity contribution < 1.29 is 41.3 Å². The van der Waals surface area contributed by atoms with Crippen LogP contribution in [0.3, 0.4) is 0 Å². The first-order valence-electron chi connectivity index (χ1n) is 20.3. The summed E-state index contributed by atoms with van der Waals surface area (Å²) in [6.07, 6.45) is 4.57. The Bertz CT molecular complexity index is 2470. The Morgan fingerprint density at radius 1 is 0.667 bits per heavy atom. The first-order chi connectivity index (χ1) is 28.1. The van der Waals surface area contributed by atoms with E-state index in [4.69, 9.17) is 13.7 Å². The van der Waals surface area contributed by atoms with Crippen molar-refractivity contribution in [3.05, 3.63) is 101 Å². The van der Waals surface area contributed by atoms with Gasteiger partial charge in [0.05, 0.1) is 29.0 Å². The molecule has 5 rings (SSSR count). The van der Waals surface area contributed by atoms with Crippen LogP contribution in [0.25, 0.3) is 21.8 Å². The number of nitrogens with zero attached hydrogens (tertiary/aromatic N) is 2. The Morgan fingerprint density at radius 3 is 1.72 bits per heavy atom. The topological polar surface area (TPSA) is 164 Å². The van der Waals surface area contributed by atoms with E-state index in [-0.39, 0.29) is 24.3 Å². The van der Waals surface area contributed by atoms with E-state index in [0.717, 1.165) is 22.1 Å². The number of nitrogens with one attached hydrogen (secondary N) is 2. The number of hydrogen-bond donors (Lipinski definition) is 2. The van der Waals surface area contributed by atoms with Crippen molar-refractivity contribution in [3.63, 3.8) is 0 Å². The molecule has 0 aliphatic rings. The largest absolute Gasteiger partial charge is 0.443 e. The first-order valence-corrected chi connectivity index (χ1v) is 21.7. The van der Waals surface area contributed by atoms with Crippen LogP contribution < -0.4 is 10.6 Å². The summed E-state index contributed by atoms with van der Waals surface area (Å²) < 4.78 is 44.4. The predicted octanol–water partition coefficient (Wildman–Crippen LogP) is 8.44. The molecule has 0 unspecified atom stereocenters. The number of benzene rings is 3. The van der Waals surface area contributed by atoms with Crippen molar-refractivity contribution in [3.8, 4) is 0 Å². The lowest BCUT2D eigenvalue weighted by molar-refractivity contribution is -0.128. The van der Waals surface area contributed by atoms with Crippen LogP contribution in [-0.2, 0) is 46.2 Å². The lowest BCUT2D eigenvalue weighted by Gasteiger charge is -2.20. The molecule has 2 aromatic heterocycles. The van der Waals surface area contributed by atoms with Crippen LogP contribution in [0, 0.1) is 20.8 Å². The van der Waals surface area contributed by atoms with Crippen molar-refractivity contribution in [1.82, 2.24) is 19.8 Å². The third kappa shape index (κ3) is 12.3. The highest BCUT2D eigenvalue weighted by Crippen LogP contribution is 2.27. The predicted molar refractivity (Wildman–Crippen MR) is 232 cm³/mol. The van der Waals surface area contributed by atoms with E-state index >= 15 is 0 Å². The van der Waals surface area contributed by atoms with Crippen LogP contribution in [0.4, 0.5) is 9.59 Å². The van der Waals surface area contributed by atoms with Crippen molar-refractivity contribution >= 4 is 55.9 Å². The summed E-state index contributed by atoms with van der Waals surface area (Å²) in [5.41, 5.74) is 3.82. The van der Waals surface area contributed by atoms with Gasteiger partial charge in [0.15, 0.2) is 0 Å². The van der Waals surface area contributed by atoms with E-state index in [1.807, 2.05) is 57.2 Å². The molecule has 2 amide bonds. The third-order valence-electron chi connectivity index (χ3n) is 9.61. The summed E-state index contributed by atoms with van der Waals surface area (Å²) in [5, 5.41) is 7.38. The van der Waals surface area contributed by atoms with E-state index in [0.29, 0.717) is 59.8 Å². The molecular weight excluding hydrogens is 785 g/mol. The Morgan fingerprint density at radius 2 is 1.17 bits per heavy atom. The van der Waals surface area contributed by atoms with Gasteiger partial charge in [0.25, 0.3) is 10.1 Å². The zero-order chi connectivity index (χ0) is 44.0. The molecule has 14 heteroatoms. The molecular formula is C46H58N4O9S. The lowest BCUT2D eigenvalue weighted by Crippen LogP contribution is -2.48. The third-order valence-corrected chi connectivity index (χ3v) is 10.9. The van der Waals surface area contributed by atoms with Crippen LogP contribution in [0.2, 0.25) is 0 Å². The molecule has 3 aromatic carbocycles. The zero-order valence-electron chi connectivity index (χ0n) is 36.1. The molecule has 2 N–H and O–H groups in total. The average molecular weight is 843 g/mol. The van der Waals surface area contributed by atoms with Crippen LogP contribution in [0.5, 0.6) is 0 Å². The van der Waals surface area contributed by atoms with Crippen LogP contribution in [0.1, 0.15) is 95.0 Å². The molecule has 0 bridgehead atoms. The van der Waals surface area contributed by atoms with E-state index in [2.05, 4.69) is 10.6 Å². The number of unbranched alkanes of at least 4 members (excludes halogenated alkanes) is 3. The normalized spacial score (nSPS) is 12.7. The second-order valence-corrected chi connectivity index (χ2v) is 19.0. The highest BCUT2D eigenvalue weighted by atomic mass is 32.2. The Kier molecular flexibility index (Phi) is 14.3. The van der Waals surface area contributed by atoms with E-state index in [1.54, 1.807) is 66.1 Å². The first kappa shape index (κ1) is 45.6. The number of carbonyl (C=O) groups is 4. The Hall–Kier alpha value is -5.47. The van der Waals surface area contributed by atoms with Crippen molar-refractivity contribution in [1.29, 1.82) is 0 Å². The van der Waals surface area contributed by atoms with Gasteiger partial charge < -0.3 is 20.1 Å². The fourth-order valence-corrected chi connectivity index (χ4v) is 7.70. The fraction of sp³-hybridized carbons (Fsp3) is 0.435. The summed E-state index contributed by atoms with van der Waals surface area (Å²) in [4.78, 5) is 54.6. The number of rotatable bonds is 15. The zero-order valence-corrected chi connectivity index (χ0v) is 37.0. The second-order valence-electron chi connectivity index (χ2n) is 17.3. The summed E-state index contributed by atoms with van der Waals surface area (Å²) in [7, 11) is -3.84. The highest BCUT2D eigenvalue weighted by molar-refractivity contribution is 7.86. The maximum Gasteiger partial charge on any atom is 0.419 e. The Balaban J connectivity index is 1.31. The highest BCUT2D eigenvalue weighted by Gasteiger charge is 2.27. The van der Waals surface area contributed by atoms with Gasteiger partial charge in [-0.2, -0.15) is 8.42 Å². The van der Waals surface area contributed by atoms with Gasteiger partial charge in [0.2, 0.25) is 11.8 Å². The summed E-state index contributed by atoms with van der Waals surface area (Å²) in [6, 6.07) is 16.7. The summed E-state index contributed by atoms with van der Waals surface area (Å²) in [5.74, 6) is -0.846.